The molecule has 1 aliphatic heterocycles. The number of aromatic carboxylic acids is 1. The average Bonchev–Trinajstić information content (AvgIpc) is 2.40. The number of ether oxygens (including phenoxy) is 1. The van der Waals surface area contributed by atoms with E-state index >= 15 is 0 Å². The van der Waals surface area contributed by atoms with Crippen LogP contribution in [0, 0.1) is 0 Å². The third-order valence-electron chi connectivity index (χ3n) is 3.20. The topological polar surface area (TPSA) is 71.5 Å². The van der Waals surface area contributed by atoms with E-state index in [2.05, 4.69) is 17.2 Å². The lowest BCUT2D eigenvalue weighted by Crippen LogP contribution is -2.28. The van der Waals surface area contributed by atoms with Gasteiger partial charge in [0, 0.05) is 24.9 Å². The van der Waals surface area contributed by atoms with Gasteiger partial charge in [-0.25, -0.2) is 9.78 Å². The summed E-state index contributed by atoms with van der Waals surface area (Å²) in [6.45, 7) is 3.55. The number of aryl methyl sites for hydroxylation is 1. The summed E-state index contributed by atoms with van der Waals surface area (Å²) in [7, 11) is 0. The SMILES string of the molecule is CCCc1cc(C(=O)O)cc(NC2CCOCC2)n1. The van der Waals surface area contributed by atoms with Gasteiger partial charge in [-0.15, -0.1) is 0 Å². The molecule has 104 valence electrons. The number of carboxylic acids is 1. The molecule has 0 spiro atoms. The Morgan fingerprint density at radius 1 is 1.47 bits per heavy atom. The van der Waals surface area contributed by atoms with Gasteiger partial charge in [0.15, 0.2) is 0 Å². The van der Waals surface area contributed by atoms with E-state index in [0.29, 0.717) is 17.4 Å². The molecule has 1 saturated heterocycles. The van der Waals surface area contributed by atoms with Crippen LogP contribution in [0.1, 0.15) is 42.2 Å². The second-order valence-corrected chi connectivity index (χ2v) is 4.82. The number of hydrogen-bond donors (Lipinski definition) is 2. The molecule has 0 aromatic carbocycles. The molecule has 1 aromatic heterocycles. The summed E-state index contributed by atoms with van der Waals surface area (Å²) in [6, 6.07) is 3.58. The van der Waals surface area contributed by atoms with Gasteiger partial charge in [-0.1, -0.05) is 13.3 Å². The van der Waals surface area contributed by atoms with Crippen molar-refractivity contribution in [3.05, 3.63) is 23.4 Å². The van der Waals surface area contributed by atoms with Crippen LogP contribution in [0.3, 0.4) is 0 Å². The van der Waals surface area contributed by atoms with E-state index in [4.69, 9.17) is 9.84 Å². The Morgan fingerprint density at radius 3 is 2.84 bits per heavy atom. The Kier molecular flexibility index (Phi) is 4.74. The van der Waals surface area contributed by atoms with Gasteiger partial charge in [0.05, 0.1) is 5.56 Å². The molecular formula is C14H20N2O3. The molecule has 1 fully saturated rings. The predicted molar refractivity (Wildman–Crippen MR) is 72.7 cm³/mol. The lowest BCUT2D eigenvalue weighted by molar-refractivity contribution is 0.0696. The largest absolute Gasteiger partial charge is 0.478 e. The molecule has 5 heteroatoms. The van der Waals surface area contributed by atoms with E-state index in [1.54, 1.807) is 12.1 Å². The highest BCUT2D eigenvalue weighted by molar-refractivity contribution is 5.88. The molecule has 2 rings (SSSR count). The summed E-state index contributed by atoms with van der Waals surface area (Å²) < 4.78 is 5.31. The van der Waals surface area contributed by atoms with E-state index in [9.17, 15) is 4.79 Å². The summed E-state index contributed by atoms with van der Waals surface area (Å²) in [5.41, 5.74) is 1.13. The van der Waals surface area contributed by atoms with Gasteiger partial charge in [-0.05, 0) is 31.4 Å². The molecule has 2 N–H and O–H groups in total. The molecule has 0 bridgehead atoms. The Labute approximate surface area is 113 Å². The first kappa shape index (κ1) is 13.8. The van der Waals surface area contributed by atoms with Crippen LogP contribution in [-0.4, -0.2) is 35.3 Å². The normalized spacial score (nSPS) is 16.3. The molecule has 0 radical (unpaired) electrons. The quantitative estimate of drug-likeness (QED) is 0.854. The number of carbonyl (C=O) groups is 1. The number of rotatable bonds is 5. The van der Waals surface area contributed by atoms with Crippen molar-refractivity contribution in [1.29, 1.82) is 0 Å². The molecule has 1 aliphatic rings. The van der Waals surface area contributed by atoms with E-state index in [0.717, 1.165) is 44.6 Å². The summed E-state index contributed by atoms with van der Waals surface area (Å²) in [5.74, 6) is -0.245. The number of aromatic nitrogens is 1. The molecule has 0 aliphatic carbocycles. The maximum absolute atomic E-state index is 11.1. The van der Waals surface area contributed by atoms with E-state index in [1.807, 2.05) is 0 Å². The Morgan fingerprint density at radius 2 is 2.21 bits per heavy atom. The predicted octanol–water partition coefficient (Wildman–Crippen LogP) is 2.32. The Balaban J connectivity index is 2.15. The maximum atomic E-state index is 11.1. The van der Waals surface area contributed by atoms with Gasteiger partial charge >= 0.3 is 5.97 Å². The zero-order valence-electron chi connectivity index (χ0n) is 11.2. The zero-order chi connectivity index (χ0) is 13.7. The van der Waals surface area contributed by atoms with Crippen molar-refractivity contribution in [1.82, 2.24) is 4.98 Å². The van der Waals surface area contributed by atoms with Crippen LogP contribution in [0.25, 0.3) is 0 Å². The highest BCUT2D eigenvalue weighted by Crippen LogP contribution is 2.17. The van der Waals surface area contributed by atoms with Gasteiger partial charge in [-0.3, -0.25) is 0 Å². The summed E-state index contributed by atoms with van der Waals surface area (Å²) in [6.07, 6.45) is 3.61. The Bertz CT molecular complexity index is 442. The third kappa shape index (κ3) is 3.92. The third-order valence-corrected chi connectivity index (χ3v) is 3.20. The van der Waals surface area contributed by atoms with E-state index in [-0.39, 0.29) is 0 Å². The van der Waals surface area contributed by atoms with Crippen LogP contribution in [0.4, 0.5) is 5.82 Å². The molecule has 1 aromatic rings. The van der Waals surface area contributed by atoms with Crippen molar-refractivity contribution in [2.75, 3.05) is 18.5 Å². The summed E-state index contributed by atoms with van der Waals surface area (Å²) in [5, 5.41) is 12.5. The number of hydrogen-bond acceptors (Lipinski definition) is 4. The maximum Gasteiger partial charge on any atom is 0.335 e. The lowest BCUT2D eigenvalue weighted by atomic mass is 10.1. The van der Waals surface area contributed by atoms with Crippen LogP contribution < -0.4 is 5.32 Å². The fourth-order valence-corrected chi connectivity index (χ4v) is 2.22. The van der Waals surface area contributed by atoms with Crippen LogP contribution >= 0.6 is 0 Å². The van der Waals surface area contributed by atoms with Crippen molar-refractivity contribution in [2.45, 2.75) is 38.6 Å². The highest BCUT2D eigenvalue weighted by atomic mass is 16.5. The number of nitrogens with zero attached hydrogens (tertiary/aromatic N) is 1. The molecule has 0 saturated carbocycles. The van der Waals surface area contributed by atoms with Gasteiger partial charge in [0.2, 0.25) is 0 Å². The van der Waals surface area contributed by atoms with E-state index < -0.39 is 5.97 Å². The van der Waals surface area contributed by atoms with Crippen molar-refractivity contribution in [2.24, 2.45) is 0 Å². The van der Waals surface area contributed by atoms with Crippen molar-refractivity contribution in [3.8, 4) is 0 Å². The van der Waals surface area contributed by atoms with Crippen LogP contribution in [0.15, 0.2) is 12.1 Å². The standard InChI is InChI=1S/C14H20N2O3/c1-2-3-12-8-10(14(17)18)9-13(16-12)15-11-4-6-19-7-5-11/h8-9,11H,2-7H2,1H3,(H,15,16)(H,17,18). The minimum atomic E-state index is -0.908. The summed E-state index contributed by atoms with van der Waals surface area (Å²) >= 11 is 0. The number of anilines is 1. The minimum absolute atomic E-state index is 0.299. The number of pyridine rings is 1. The second kappa shape index (κ2) is 6.52. The highest BCUT2D eigenvalue weighted by Gasteiger charge is 2.15. The fraction of sp³-hybridized carbons (Fsp3) is 0.571. The van der Waals surface area contributed by atoms with E-state index in [1.165, 1.54) is 0 Å². The first-order valence-corrected chi connectivity index (χ1v) is 6.77. The van der Waals surface area contributed by atoms with Crippen molar-refractivity contribution in [3.63, 3.8) is 0 Å². The molecule has 5 nitrogen and oxygen atoms in total. The Hall–Kier alpha value is -1.62. The average molecular weight is 264 g/mol. The minimum Gasteiger partial charge on any atom is -0.478 e. The first-order chi connectivity index (χ1) is 9.19. The number of carboxylic acid groups (broad SMARTS) is 1. The molecular weight excluding hydrogens is 244 g/mol. The molecule has 19 heavy (non-hydrogen) atoms. The van der Waals surface area contributed by atoms with Gasteiger partial charge in [0.1, 0.15) is 5.82 Å². The van der Waals surface area contributed by atoms with Crippen molar-refractivity contribution >= 4 is 11.8 Å². The smallest absolute Gasteiger partial charge is 0.335 e. The molecule has 0 unspecified atom stereocenters. The first-order valence-electron chi connectivity index (χ1n) is 6.77. The van der Waals surface area contributed by atoms with Gasteiger partial charge in [0.25, 0.3) is 0 Å². The zero-order valence-corrected chi connectivity index (χ0v) is 11.2. The number of nitrogens with one attached hydrogen (secondary N) is 1. The fourth-order valence-electron chi connectivity index (χ4n) is 2.22. The lowest BCUT2D eigenvalue weighted by Gasteiger charge is -2.24. The van der Waals surface area contributed by atoms with Crippen LogP contribution in [0.2, 0.25) is 0 Å². The van der Waals surface area contributed by atoms with Crippen LogP contribution in [-0.2, 0) is 11.2 Å². The van der Waals surface area contributed by atoms with Crippen molar-refractivity contribution < 1.29 is 14.6 Å². The summed E-state index contributed by atoms with van der Waals surface area (Å²) in [4.78, 5) is 15.6. The second-order valence-electron chi connectivity index (χ2n) is 4.82. The molecule has 2 heterocycles. The van der Waals surface area contributed by atoms with Crippen LogP contribution in [0.5, 0.6) is 0 Å². The monoisotopic (exact) mass is 264 g/mol. The van der Waals surface area contributed by atoms with Gasteiger partial charge in [-0.2, -0.15) is 0 Å². The molecule has 0 atom stereocenters. The molecule has 0 amide bonds. The van der Waals surface area contributed by atoms with Gasteiger partial charge < -0.3 is 15.2 Å².